The van der Waals surface area contributed by atoms with Crippen LogP contribution in [0.4, 0.5) is 0 Å². The van der Waals surface area contributed by atoms with Gasteiger partial charge in [0.25, 0.3) is 0 Å². The first-order valence-electron chi connectivity index (χ1n) is 7.62. The molecule has 1 atom stereocenters. The van der Waals surface area contributed by atoms with E-state index in [0.29, 0.717) is 6.04 Å². The van der Waals surface area contributed by atoms with E-state index in [-0.39, 0.29) is 5.54 Å². The average Bonchev–Trinajstić information content (AvgIpc) is 3.28. The maximum absolute atomic E-state index is 9.31. The van der Waals surface area contributed by atoms with Gasteiger partial charge in [-0.05, 0) is 62.5 Å². The third kappa shape index (κ3) is 6.30. The monoisotopic (exact) mass is 322 g/mol. The van der Waals surface area contributed by atoms with Crippen molar-refractivity contribution in [2.75, 3.05) is 5.75 Å². The minimum absolute atomic E-state index is 0.331. The zero-order valence-corrected chi connectivity index (χ0v) is 14.1. The first kappa shape index (κ1) is 16.7. The van der Waals surface area contributed by atoms with Gasteiger partial charge in [-0.25, -0.2) is 0 Å². The number of nitrogens with one attached hydrogen (secondary N) is 1. The molecule has 2 rings (SSSR count). The number of halogens is 1. The highest BCUT2D eigenvalue weighted by Gasteiger charge is 2.31. The largest absolute Gasteiger partial charge is 0.297 e. The Morgan fingerprint density at radius 2 is 2.05 bits per heavy atom. The van der Waals surface area contributed by atoms with Gasteiger partial charge in [0.15, 0.2) is 0 Å². The van der Waals surface area contributed by atoms with Crippen molar-refractivity contribution in [3.05, 3.63) is 34.9 Å². The van der Waals surface area contributed by atoms with Crippen LogP contribution >= 0.6 is 23.4 Å². The number of rotatable bonds is 9. The van der Waals surface area contributed by atoms with Crippen LogP contribution < -0.4 is 5.32 Å². The van der Waals surface area contributed by atoms with E-state index in [1.54, 1.807) is 0 Å². The molecule has 0 aliphatic heterocycles. The molecule has 1 fully saturated rings. The first-order chi connectivity index (χ1) is 10.1. The molecule has 21 heavy (non-hydrogen) atoms. The standard InChI is InChI=1S/C17H23ClN2S/c1-17(13-19,20-16-8-9-16)10-2-3-11-21-12-14-4-6-15(18)7-5-14/h4-7,16,20H,2-3,8-12H2,1H3. The Balaban J connectivity index is 1.57. The highest BCUT2D eigenvalue weighted by atomic mass is 35.5. The van der Waals surface area contributed by atoms with Crippen molar-refractivity contribution >= 4 is 23.4 Å². The molecular formula is C17H23ClN2S. The molecule has 0 radical (unpaired) electrons. The zero-order chi connectivity index (χ0) is 15.1. The van der Waals surface area contributed by atoms with Crippen molar-refractivity contribution in [2.24, 2.45) is 0 Å². The lowest BCUT2D eigenvalue weighted by Crippen LogP contribution is -2.42. The second-order valence-corrected chi connectivity index (χ2v) is 7.54. The molecule has 0 aromatic heterocycles. The van der Waals surface area contributed by atoms with E-state index in [9.17, 15) is 5.26 Å². The molecule has 0 amide bonds. The van der Waals surface area contributed by atoms with Crippen LogP contribution in [0.15, 0.2) is 24.3 Å². The van der Waals surface area contributed by atoms with Gasteiger partial charge >= 0.3 is 0 Å². The third-order valence-corrected chi connectivity index (χ3v) is 5.11. The van der Waals surface area contributed by atoms with Crippen LogP contribution in [0.3, 0.4) is 0 Å². The molecule has 0 saturated heterocycles. The number of hydrogen-bond acceptors (Lipinski definition) is 3. The van der Waals surface area contributed by atoms with Crippen molar-refractivity contribution in [3.8, 4) is 6.07 Å². The summed E-state index contributed by atoms with van der Waals surface area (Å²) < 4.78 is 0. The molecule has 4 heteroatoms. The van der Waals surface area contributed by atoms with E-state index < -0.39 is 0 Å². The number of hydrogen-bond donors (Lipinski definition) is 1. The van der Waals surface area contributed by atoms with Crippen LogP contribution in [0, 0.1) is 11.3 Å². The lowest BCUT2D eigenvalue weighted by Gasteiger charge is -2.23. The molecular weight excluding hydrogens is 300 g/mol. The summed E-state index contributed by atoms with van der Waals surface area (Å²) in [6.45, 7) is 2.03. The van der Waals surface area contributed by atoms with Crippen LogP contribution in [-0.4, -0.2) is 17.3 Å². The Bertz CT molecular complexity index is 479. The van der Waals surface area contributed by atoms with Crippen LogP contribution in [0.2, 0.25) is 5.02 Å². The fourth-order valence-electron chi connectivity index (χ4n) is 2.29. The molecule has 0 spiro atoms. The Morgan fingerprint density at radius 3 is 2.67 bits per heavy atom. The van der Waals surface area contributed by atoms with E-state index >= 15 is 0 Å². The van der Waals surface area contributed by atoms with Crippen LogP contribution in [0.25, 0.3) is 0 Å². The van der Waals surface area contributed by atoms with Crippen LogP contribution in [0.5, 0.6) is 0 Å². The van der Waals surface area contributed by atoms with Gasteiger partial charge in [-0.1, -0.05) is 23.7 Å². The predicted octanol–water partition coefficient (Wildman–Crippen LogP) is 4.78. The quantitative estimate of drug-likeness (QED) is 0.665. The topological polar surface area (TPSA) is 35.8 Å². The molecule has 114 valence electrons. The molecule has 1 unspecified atom stereocenters. The van der Waals surface area contributed by atoms with Gasteiger partial charge in [-0.3, -0.25) is 5.32 Å². The number of benzene rings is 1. The molecule has 1 aliphatic rings. The maximum Gasteiger partial charge on any atom is 0.104 e. The fourth-order valence-corrected chi connectivity index (χ4v) is 3.40. The summed E-state index contributed by atoms with van der Waals surface area (Å²) in [6, 6.07) is 11.1. The SMILES string of the molecule is CC(C#N)(CCCCSCc1ccc(Cl)cc1)NC1CC1. The first-order valence-corrected chi connectivity index (χ1v) is 9.16. The molecule has 1 aromatic carbocycles. The summed E-state index contributed by atoms with van der Waals surface area (Å²) in [5.41, 5.74) is 0.990. The van der Waals surface area contributed by atoms with Crippen molar-refractivity contribution < 1.29 is 0 Å². The average molecular weight is 323 g/mol. The normalized spacial score (nSPS) is 17.2. The lowest BCUT2D eigenvalue weighted by molar-refractivity contribution is 0.402. The van der Waals surface area contributed by atoms with Gasteiger partial charge < -0.3 is 0 Å². The molecule has 0 heterocycles. The predicted molar refractivity (Wildman–Crippen MR) is 91.6 cm³/mol. The molecule has 1 aliphatic carbocycles. The summed E-state index contributed by atoms with van der Waals surface area (Å²) in [4.78, 5) is 0. The van der Waals surface area contributed by atoms with Crippen molar-refractivity contribution in [1.29, 1.82) is 5.26 Å². The van der Waals surface area contributed by atoms with Gasteiger partial charge in [0.2, 0.25) is 0 Å². The summed E-state index contributed by atoms with van der Waals surface area (Å²) >= 11 is 7.82. The van der Waals surface area contributed by atoms with Crippen molar-refractivity contribution in [3.63, 3.8) is 0 Å². The van der Waals surface area contributed by atoms with Crippen LogP contribution in [-0.2, 0) is 5.75 Å². The van der Waals surface area contributed by atoms with E-state index in [2.05, 4.69) is 23.5 Å². The van der Waals surface area contributed by atoms with Crippen molar-refractivity contribution in [1.82, 2.24) is 5.32 Å². The number of nitriles is 1. The highest BCUT2D eigenvalue weighted by Crippen LogP contribution is 2.25. The van der Waals surface area contributed by atoms with Gasteiger partial charge in [-0.2, -0.15) is 17.0 Å². The highest BCUT2D eigenvalue weighted by molar-refractivity contribution is 7.98. The van der Waals surface area contributed by atoms with Gasteiger partial charge in [0.05, 0.1) is 6.07 Å². The molecule has 0 bridgehead atoms. The maximum atomic E-state index is 9.31. The smallest absolute Gasteiger partial charge is 0.104 e. The van der Waals surface area contributed by atoms with Gasteiger partial charge in [0, 0.05) is 16.8 Å². The van der Waals surface area contributed by atoms with E-state index in [4.69, 9.17) is 11.6 Å². The van der Waals surface area contributed by atoms with E-state index in [1.165, 1.54) is 24.8 Å². The number of nitrogens with zero attached hydrogens (tertiary/aromatic N) is 1. The lowest BCUT2D eigenvalue weighted by atomic mass is 9.96. The molecule has 2 nitrogen and oxygen atoms in total. The number of thioether (sulfide) groups is 1. The minimum Gasteiger partial charge on any atom is -0.297 e. The van der Waals surface area contributed by atoms with Crippen molar-refractivity contribution in [2.45, 2.75) is 56.4 Å². The fraction of sp³-hybridized carbons (Fsp3) is 0.588. The third-order valence-electron chi connectivity index (χ3n) is 3.74. The Kier molecular flexibility index (Phi) is 6.41. The zero-order valence-electron chi connectivity index (χ0n) is 12.6. The van der Waals surface area contributed by atoms with Crippen LogP contribution in [0.1, 0.15) is 44.6 Å². The Labute approximate surface area is 137 Å². The summed E-state index contributed by atoms with van der Waals surface area (Å²) in [5.74, 6) is 2.18. The second-order valence-electron chi connectivity index (χ2n) is 6.00. The van der Waals surface area contributed by atoms with Gasteiger partial charge in [-0.15, -0.1) is 0 Å². The molecule has 1 aromatic rings. The number of unbranched alkanes of at least 4 members (excludes halogenated alkanes) is 1. The summed E-state index contributed by atoms with van der Waals surface area (Å²) in [7, 11) is 0. The molecule has 1 saturated carbocycles. The summed E-state index contributed by atoms with van der Waals surface area (Å²) in [5, 5.41) is 13.6. The van der Waals surface area contributed by atoms with Gasteiger partial charge in [0.1, 0.15) is 5.54 Å². The Morgan fingerprint density at radius 1 is 1.33 bits per heavy atom. The molecule has 1 N–H and O–H groups in total. The minimum atomic E-state index is -0.331. The summed E-state index contributed by atoms with van der Waals surface area (Å²) in [6.07, 6.45) is 5.68. The van der Waals surface area contributed by atoms with E-state index in [0.717, 1.165) is 29.4 Å². The van der Waals surface area contributed by atoms with E-state index in [1.807, 2.05) is 30.8 Å². The second kappa shape index (κ2) is 8.08. The Hall–Kier alpha value is -0.690.